The molecule has 0 saturated carbocycles. The SMILES string of the molecule is Cc1occc1CN(C)C(=O)COC1(C)CNC1. The number of hydrogen-bond donors (Lipinski definition) is 1. The van der Waals surface area contributed by atoms with Crippen molar-refractivity contribution in [3.63, 3.8) is 0 Å². The quantitative estimate of drug-likeness (QED) is 0.847. The Morgan fingerprint density at radius 2 is 2.33 bits per heavy atom. The van der Waals surface area contributed by atoms with Gasteiger partial charge in [0.15, 0.2) is 0 Å². The van der Waals surface area contributed by atoms with Crippen LogP contribution in [0.2, 0.25) is 0 Å². The van der Waals surface area contributed by atoms with Crippen LogP contribution in [0, 0.1) is 6.92 Å². The summed E-state index contributed by atoms with van der Waals surface area (Å²) in [4.78, 5) is 13.6. The molecule has 1 aliphatic rings. The molecular weight excluding hydrogens is 232 g/mol. The fourth-order valence-corrected chi connectivity index (χ4v) is 1.84. The molecule has 0 atom stereocenters. The highest BCUT2D eigenvalue weighted by atomic mass is 16.5. The van der Waals surface area contributed by atoms with Crippen molar-refractivity contribution in [2.75, 3.05) is 26.7 Å². The van der Waals surface area contributed by atoms with E-state index in [1.54, 1.807) is 18.2 Å². The molecule has 0 aliphatic carbocycles. The van der Waals surface area contributed by atoms with Crippen molar-refractivity contribution in [1.29, 1.82) is 0 Å². The molecule has 1 aromatic heterocycles. The lowest BCUT2D eigenvalue weighted by molar-refractivity contribution is -0.145. The van der Waals surface area contributed by atoms with Crippen LogP contribution in [0.5, 0.6) is 0 Å². The third kappa shape index (κ3) is 2.91. The summed E-state index contributed by atoms with van der Waals surface area (Å²) in [6.45, 7) is 6.21. The molecule has 0 spiro atoms. The second-order valence-corrected chi connectivity index (χ2v) is 5.09. The van der Waals surface area contributed by atoms with E-state index in [-0.39, 0.29) is 18.1 Å². The van der Waals surface area contributed by atoms with Gasteiger partial charge in [-0.25, -0.2) is 0 Å². The topological polar surface area (TPSA) is 54.7 Å². The largest absolute Gasteiger partial charge is 0.469 e. The van der Waals surface area contributed by atoms with Crippen molar-refractivity contribution in [1.82, 2.24) is 10.2 Å². The molecule has 0 unspecified atom stereocenters. The lowest BCUT2D eigenvalue weighted by Crippen LogP contribution is -2.59. The molecule has 1 aromatic rings. The third-order valence-corrected chi connectivity index (χ3v) is 3.34. The Morgan fingerprint density at radius 3 is 2.83 bits per heavy atom. The van der Waals surface area contributed by atoms with Crippen LogP contribution < -0.4 is 5.32 Å². The predicted molar refractivity (Wildman–Crippen MR) is 67.1 cm³/mol. The molecule has 1 N–H and O–H groups in total. The Balaban J connectivity index is 1.80. The number of amides is 1. The zero-order valence-electron chi connectivity index (χ0n) is 11.2. The summed E-state index contributed by atoms with van der Waals surface area (Å²) >= 11 is 0. The number of hydrogen-bond acceptors (Lipinski definition) is 4. The minimum Gasteiger partial charge on any atom is -0.469 e. The number of furan rings is 1. The third-order valence-electron chi connectivity index (χ3n) is 3.34. The molecule has 1 amide bonds. The first-order chi connectivity index (χ1) is 8.50. The van der Waals surface area contributed by atoms with Crippen LogP contribution in [0.25, 0.3) is 0 Å². The average molecular weight is 252 g/mol. The van der Waals surface area contributed by atoms with E-state index in [4.69, 9.17) is 9.15 Å². The summed E-state index contributed by atoms with van der Waals surface area (Å²) in [5.74, 6) is 0.842. The van der Waals surface area contributed by atoms with Crippen LogP contribution in [0.3, 0.4) is 0 Å². The molecule has 18 heavy (non-hydrogen) atoms. The Hall–Kier alpha value is -1.33. The Kier molecular flexibility index (Phi) is 3.73. The molecule has 0 radical (unpaired) electrons. The second-order valence-electron chi connectivity index (χ2n) is 5.09. The highest BCUT2D eigenvalue weighted by molar-refractivity contribution is 5.77. The van der Waals surface area contributed by atoms with Gasteiger partial charge >= 0.3 is 0 Å². The molecule has 2 heterocycles. The number of nitrogens with one attached hydrogen (secondary N) is 1. The van der Waals surface area contributed by atoms with Gasteiger partial charge in [0.05, 0.1) is 11.9 Å². The van der Waals surface area contributed by atoms with Crippen molar-refractivity contribution in [3.8, 4) is 0 Å². The molecule has 0 aromatic carbocycles. The van der Waals surface area contributed by atoms with Gasteiger partial charge in [-0.15, -0.1) is 0 Å². The number of aryl methyl sites for hydroxylation is 1. The maximum atomic E-state index is 11.9. The minimum atomic E-state index is -0.179. The standard InChI is InChI=1S/C13H20N2O3/c1-10-11(4-5-17-10)6-15(3)12(16)7-18-13(2)8-14-9-13/h4-5,14H,6-9H2,1-3H3. The molecule has 5 heteroatoms. The zero-order valence-corrected chi connectivity index (χ0v) is 11.2. The van der Waals surface area contributed by atoms with E-state index in [0.717, 1.165) is 24.4 Å². The lowest BCUT2D eigenvalue weighted by Gasteiger charge is -2.39. The maximum Gasteiger partial charge on any atom is 0.248 e. The maximum absolute atomic E-state index is 11.9. The Morgan fingerprint density at radius 1 is 1.61 bits per heavy atom. The van der Waals surface area contributed by atoms with Crippen LogP contribution in [-0.2, 0) is 16.1 Å². The van der Waals surface area contributed by atoms with E-state index in [9.17, 15) is 4.79 Å². The van der Waals surface area contributed by atoms with E-state index in [2.05, 4.69) is 5.32 Å². The fourth-order valence-electron chi connectivity index (χ4n) is 1.84. The van der Waals surface area contributed by atoms with Gasteiger partial charge in [0.1, 0.15) is 12.4 Å². The molecular formula is C13H20N2O3. The molecule has 1 fully saturated rings. The van der Waals surface area contributed by atoms with Crippen molar-refractivity contribution < 1.29 is 13.9 Å². The summed E-state index contributed by atoms with van der Waals surface area (Å²) in [7, 11) is 1.78. The number of carbonyl (C=O) groups is 1. The fraction of sp³-hybridized carbons (Fsp3) is 0.615. The molecule has 0 bridgehead atoms. The Labute approximate surface area is 107 Å². The van der Waals surface area contributed by atoms with Crippen LogP contribution in [0.4, 0.5) is 0 Å². The van der Waals surface area contributed by atoms with E-state index in [1.807, 2.05) is 19.9 Å². The van der Waals surface area contributed by atoms with Gasteiger partial charge in [0.2, 0.25) is 5.91 Å². The number of likely N-dealkylation sites (N-methyl/N-ethyl adjacent to an activating group) is 1. The van der Waals surface area contributed by atoms with Gasteiger partial charge in [0.25, 0.3) is 0 Å². The number of ether oxygens (including phenoxy) is 1. The summed E-state index contributed by atoms with van der Waals surface area (Å²) in [6.07, 6.45) is 1.64. The number of rotatable bonds is 5. The minimum absolute atomic E-state index is 0.0104. The van der Waals surface area contributed by atoms with E-state index < -0.39 is 0 Å². The average Bonchev–Trinajstić information content (AvgIpc) is 2.69. The van der Waals surface area contributed by atoms with E-state index >= 15 is 0 Å². The first kappa shape index (κ1) is 13.1. The van der Waals surface area contributed by atoms with Crippen LogP contribution in [0.15, 0.2) is 16.7 Å². The summed E-state index contributed by atoms with van der Waals surface area (Å²) < 4.78 is 10.8. The first-order valence-corrected chi connectivity index (χ1v) is 6.12. The smallest absolute Gasteiger partial charge is 0.248 e. The highest BCUT2D eigenvalue weighted by Gasteiger charge is 2.33. The second kappa shape index (κ2) is 5.12. The lowest BCUT2D eigenvalue weighted by atomic mass is 10.0. The van der Waals surface area contributed by atoms with E-state index in [1.165, 1.54) is 0 Å². The van der Waals surface area contributed by atoms with Gasteiger partial charge in [-0.1, -0.05) is 0 Å². The number of carbonyl (C=O) groups excluding carboxylic acids is 1. The predicted octanol–water partition coefficient (Wildman–Crippen LogP) is 0.925. The highest BCUT2D eigenvalue weighted by Crippen LogP contribution is 2.16. The zero-order chi connectivity index (χ0) is 13.2. The molecule has 2 rings (SSSR count). The molecule has 5 nitrogen and oxygen atoms in total. The normalized spacial score (nSPS) is 17.3. The van der Waals surface area contributed by atoms with Gasteiger partial charge in [-0.05, 0) is 19.9 Å². The van der Waals surface area contributed by atoms with Crippen LogP contribution >= 0.6 is 0 Å². The van der Waals surface area contributed by atoms with Gasteiger partial charge < -0.3 is 19.4 Å². The van der Waals surface area contributed by atoms with Gasteiger partial charge in [0, 0.05) is 32.2 Å². The molecule has 100 valence electrons. The van der Waals surface area contributed by atoms with Crippen LogP contribution in [-0.4, -0.2) is 43.2 Å². The van der Waals surface area contributed by atoms with Gasteiger partial charge in [-0.3, -0.25) is 4.79 Å². The first-order valence-electron chi connectivity index (χ1n) is 6.12. The van der Waals surface area contributed by atoms with Crippen molar-refractivity contribution in [2.24, 2.45) is 0 Å². The van der Waals surface area contributed by atoms with E-state index in [0.29, 0.717) is 6.54 Å². The summed E-state index contributed by atoms with van der Waals surface area (Å²) in [5.41, 5.74) is 0.851. The van der Waals surface area contributed by atoms with Crippen molar-refractivity contribution >= 4 is 5.91 Å². The summed E-state index contributed by atoms with van der Waals surface area (Å²) in [5, 5.41) is 3.14. The molecule has 1 aliphatic heterocycles. The van der Waals surface area contributed by atoms with Crippen LogP contribution in [0.1, 0.15) is 18.2 Å². The molecule has 1 saturated heterocycles. The monoisotopic (exact) mass is 252 g/mol. The Bertz CT molecular complexity index is 424. The van der Waals surface area contributed by atoms with Crippen molar-refractivity contribution in [2.45, 2.75) is 26.0 Å². The van der Waals surface area contributed by atoms with Crippen molar-refractivity contribution in [3.05, 3.63) is 23.7 Å². The number of nitrogens with zero attached hydrogens (tertiary/aromatic N) is 1. The summed E-state index contributed by atoms with van der Waals surface area (Å²) in [6, 6.07) is 1.89. The van der Waals surface area contributed by atoms with Gasteiger partial charge in [-0.2, -0.15) is 0 Å².